The zero-order chi connectivity index (χ0) is 14.2. The van der Waals surface area contributed by atoms with E-state index >= 15 is 0 Å². The number of benzene rings is 1. The Morgan fingerprint density at radius 2 is 1.85 bits per heavy atom. The van der Waals surface area contributed by atoms with E-state index < -0.39 is 11.7 Å². The minimum absolute atomic E-state index is 0.453. The van der Waals surface area contributed by atoms with Crippen LogP contribution in [-0.4, -0.2) is 15.0 Å². The number of halogens is 3. The summed E-state index contributed by atoms with van der Waals surface area (Å²) in [5.41, 5.74) is 0.406. The van der Waals surface area contributed by atoms with Crippen LogP contribution in [0.2, 0.25) is 0 Å². The molecule has 102 valence electrons. The van der Waals surface area contributed by atoms with Crippen LogP contribution in [0.5, 0.6) is 0 Å². The van der Waals surface area contributed by atoms with Gasteiger partial charge in [-0.3, -0.25) is 0 Å². The van der Waals surface area contributed by atoms with Crippen molar-refractivity contribution in [3.05, 3.63) is 36.0 Å². The molecule has 0 aliphatic heterocycles. The number of hydrogen-bond acceptors (Lipinski definition) is 2. The third-order valence-corrected chi connectivity index (χ3v) is 2.96. The first-order chi connectivity index (χ1) is 9.52. The quantitative estimate of drug-likeness (QED) is 0.749. The highest BCUT2D eigenvalue weighted by Gasteiger charge is 2.30. The molecule has 0 unspecified atom stereocenters. The van der Waals surface area contributed by atoms with Crippen LogP contribution >= 0.6 is 0 Å². The van der Waals surface area contributed by atoms with Crippen molar-refractivity contribution in [2.24, 2.45) is 5.92 Å². The fourth-order valence-corrected chi connectivity index (χ4v) is 1.67. The number of hydrogen-bond donors (Lipinski definition) is 0. The van der Waals surface area contributed by atoms with Crippen molar-refractivity contribution < 1.29 is 13.2 Å². The van der Waals surface area contributed by atoms with Gasteiger partial charge in [0, 0.05) is 17.5 Å². The summed E-state index contributed by atoms with van der Waals surface area (Å²) in [5, 5.41) is 7.74. The molecule has 0 spiro atoms. The minimum Gasteiger partial charge on any atom is -0.176 e. The molecule has 0 saturated heterocycles. The van der Waals surface area contributed by atoms with Crippen LogP contribution in [0.4, 0.5) is 13.2 Å². The Labute approximate surface area is 113 Å². The van der Waals surface area contributed by atoms with Gasteiger partial charge >= 0.3 is 6.18 Å². The second kappa shape index (κ2) is 4.67. The SMILES string of the molecule is FC(F)(F)c1ccc(-c2cn(C#CC3CC3)nn2)cc1. The van der Waals surface area contributed by atoms with Gasteiger partial charge in [-0.1, -0.05) is 23.3 Å². The van der Waals surface area contributed by atoms with Crippen LogP contribution in [0.1, 0.15) is 18.4 Å². The third-order valence-electron chi connectivity index (χ3n) is 2.96. The lowest BCUT2D eigenvalue weighted by Crippen LogP contribution is -2.03. The summed E-state index contributed by atoms with van der Waals surface area (Å²) in [6.07, 6.45) is -0.481. The standard InChI is InChI=1S/C14H10F3N3/c15-14(16,17)12-5-3-11(4-6-12)13-9-20(19-18-13)8-7-10-1-2-10/h3-6,9-10H,1-2H2. The molecule has 0 radical (unpaired) electrons. The Kier molecular flexibility index (Phi) is 2.97. The largest absolute Gasteiger partial charge is 0.416 e. The van der Waals surface area contributed by atoms with Gasteiger partial charge in [-0.25, -0.2) is 0 Å². The van der Waals surface area contributed by atoms with Gasteiger partial charge < -0.3 is 0 Å². The molecule has 1 fully saturated rings. The molecule has 1 saturated carbocycles. The smallest absolute Gasteiger partial charge is 0.176 e. The number of aromatic nitrogens is 3. The first-order valence-corrected chi connectivity index (χ1v) is 6.14. The summed E-state index contributed by atoms with van der Waals surface area (Å²) in [6, 6.07) is 7.67. The van der Waals surface area contributed by atoms with Gasteiger partial charge in [-0.15, -0.1) is 5.10 Å². The summed E-state index contributed by atoms with van der Waals surface area (Å²) in [6.45, 7) is 0. The Hall–Kier alpha value is -2.29. The number of nitrogens with zero attached hydrogens (tertiary/aromatic N) is 3. The molecule has 0 bridgehead atoms. The van der Waals surface area contributed by atoms with Crippen LogP contribution in [0.3, 0.4) is 0 Å². The predicted molar refractivity (Wildman–Crippen MR) is 66.4 cm³/mol. The Bertz CT molecular complexity index is 670. The molecule has 0 amide bonds. The van der Waals surface area contributed by atoms with Crippen LogP contribution < -0.4 is 0 Å². The van der Waals surface area contributed by atoms with Crippen molar-refractivity contribution in [3.63, 3.8) is 0 Å². The maximum Gasteiger partial charge on any atom is 0.416 e. The zero-order valence-corrected chi connectivity index (χ0v) is 10.4. The van der Waals surface area contributed by atoms with Crippen molar-refractivity contribution >= 4 is 0 Å². The molecule has 1 aromatic carbocycles. The van der Waals surface area contributed by atoms with Gasteiger partial charge in [0.1, 0.15) is 5.69 Å². The van der Waals surface area contributed by atoms with Crippen molar-refractivity contribution in [1.82, 2.24) is 15.0 Å². The van der Waals surface area contributed by atoms with Gasteiger partial charge in [0.2, 0.25) is 0 Å². The summed E-state index contributed by atoms with van der Waals surface area (Å²) in [5.74, 6) is 3.48. The maximum atomic E-state index is 12.5. The van der Waals surface area contributed by atoms with E-state index in [1.165, 1.54) is 16.8 Å². The monoisotopic (exact) mass is 277 g/mol. The molecule has 1 aromatic heterocycles. The van der Waals surface area contributed by atoms with E-state index in [-0.39, 0.29) is 0 Å². The average Bonchev–Trinajstić information content (AvgIpc) is 3.13. The Morgan fingerprint density at radius 1 is 1.15 bits per heavy atom. The second-order valence-corrected chi connectivity index (χ2v) is 4.65. The van der Waals surface area contributed by atoms with Gasteiger partial charge in [-0.05, 0) is 25.0 Å². The number of alkyl halides is 3. The Balaban J connectivity index is 1.81. The van der Waals surface area contributed by atoms with Crippen molar-refractivity contribution in [2.75, 3.05) is 0 Å². The highest BCUT2D eigenvalue weighted by molar-refractivity contribution is 5.58. The molecular formula is C14H10F3N3. The van der Waals surface area contributed by atoms with Crippen molar-refractivity contribution in [2.45, 2.75) is 19.0 Å². The fourth-order valence-electron chi connectivity index (χ4n) is 1.67. The predicted octanol–water partition coefficient (Wildman–Crippen LogP) is 3.18. The normalized spacial score (nSPS) is 14.8. The Morgan fingerprint density at radius 3 is 2.45 bits per heavy atom. The van der Waals surface area contributed by atoms with Crippen LogP contribution in [0.15, 0.2) is 30.5 Å². The van der Waals surface area contributed by atoms with Crippen LogP contribution in [0.25, 0.3) is 11.3 Å². The summed E-state index contributed by atoms with van der Waals surface area (Å²) >= 11 is 0. The van der Waals surface area contributed by atoms with Gasteiger partial charge in [0.05, 0.1) is 11.8 Å². The first-order valence-electron chi connectivity index (χ1n) is 6.14. The lowest BCUT2D eigenvalue weighted by molar-refractivity contribution is -0.137. The topological polar surface area (TPSA) is 30.7 Å². The molecule has 2 aromatic rings. The summed E-state index contributed by atoms with van der Waals surface area (Å²) in [4.78, 5) is 0. The summed E-state index contributed by atoms with van der Waals surface area (Å²) < 4.78 is 38.8. The van der Waals surface area contributed by atoms with Gasteiger partial charge in [0.15, 0.2) is 0 Å². The van der Waals surface area contributed by atoms with Crippen LogP contribution in [-0.2, 0) is 6.18 Å². The third kappa shape index (κ3) is 2.82. The lowest BCUT2D eigenvalue weighted by atomic mass is 10.1. The van der Waals surface area contributed by atoms with Gasteiger partial charge in [-0.2, -0.15) is 17.9 Å². The molecule has 1 heterocycles. The van der Waals surface area contributed by atoms with E-state index in [0.29, 0.717) is 17.2 Å². The van der Waals surface area contributed by atoms with E-state index in [9.17, 15) is 13.2 Å². The molecule has 3 rings (SSSR count). The highest BCUT2D eigenvalue weighted by atomic mass is 19.4. The molecule has 1 aliphatic rings. The van der Waals surface area contributed by atoms with Gasteiger partial charge in [0.25, 0.3) is 0 Å². The molecule has 6 heteroatoms. The highest BCUT2D eigenvalue weighted by Crippen LogP contribution is 2.30. The van der Waals surface area contributed by atoms with E-state index in [0.717, 1.165) is 25.0 Å². The van der Waals surface area contributed by atoms with Crippen LogP contribution in [0, 0.1) is 17.9 Å². The molecule has 0 N–H and O–H groups in total. The van der Waals surface area contributed by atoms with E-state index in [1.807, 2.05) is 0 Å². The molecule has 20 heavy (non-hydrogen) atoms. The lowest BCUT2D eigenvalue weighted by Gasteiger charge is -2.06. The van der Waals surface area contributed by atoms with E-state index in [4.69, 9.17) is 0 Å². The summed E-state index contributed by atoms with van der Waals surface area (Å²) in [7, 11) is 0. The van der Waals surface area contributed by atoms with Crippen molar-refractivity contribution in [3.8, 4) is 23.2 Å². The maximum absolute atomic E-state index is 12.5. The fraction of sp³-hybridized carbons (Fsp3) is 0.286. The average molecular weight is 277 g/mol. The molecule has 1 aliphatic carbocycles. The van der Waals surface area contributed by atoms with E-state index in [1.54, 1.807) is 6.20 Å². The van der Waals surface area contributed by atoms with E-state index in [2.05, 4.69) is 22.3 Å². The molecular weight excluding hydrogens is 267 g/mol. The first kappa shape index (κ1) is 12.7. The molecule has 0 atom stereocenters. The zero-order valence-electron chi connectivity index (χ0n) is 10.4. The minimum atomic E-state index is -4.33. The number of rotatable bonds is 1. The second-order valence-electron chi connectivity index (χ2n) is 4.65. The molecule has 3 nitrogen and oxygen atoms in total. The van der Waals surface area contributed by atoms with Crippen molar-refractivity contribution in [1.29, 1.82) is 0 Å².